The van der Waals surface area contributed by atoms with Gasteiger partial charge in [-0.05, 0) is 13.1 Å². The van der Waals surface area contributed by atoms with Crippen molar-refractivity contribution < 1.29 is 14.3 Å². The highest BCUT2D eigenvalue weighted by Gasteiger charge is 2.09. The molecule has 5 heteroatoms. The van der Waals surface area contributed by atoms with Crippen molar-refractivity contribution in [2.45, 2.75) is 6.54 Å². The Morgan fingerprint density at radius 2 is 2.27 bits per heavy atom. The molecule has 0 unspecified atom stereocenters. The van der Waals surface area contributed by atoms with Crippen LogP contribution in [0.15, 0.2) is 18.2 Å². The van der Waals surface area contributed by atoms with E-state index in [1.54, 1.807) is 18.0 Å². The molecule has 0 heterocycles. The lowest BCUT2D eigenvalue weighted by molar-refractivity contribution is -0.118. The van der Waals surface area contributed by atoms with Crippen LogP contribution in [-0.2, 0) is 11.3 Å². The highest BCUT2D eigenvalue weighted by atomic mass is 19.1. The molecule has 0 fully saturated rings. The Balaban J connectivity index is 2.72. The molecule has 0 aliphatic heterocycles. The number of hydrogen-bond donors (Lipinski definition) is 2. The predicted molar refractivity (Wildman–Crippen MR) is 53.6 cm³/mol. The Morgan fingerprint density at radius 1 is 1.60 bits per heavy atom. The second-order valence-electron chi connectivity index (χ2n) is 3.39. The van der Waals surface area contributed by atoms with E-state index >= 15 is 0 Å². The van der Waals surface area contributed by atoms with Crippen LogP contribution in [-0.4, -0.2) is 29.5 Å². The molecule has 0 atom stereocenters. The Bertz CT molecular complexity index is 368. The number of phenolic OH excluding ortho intramolecular Hbond substituents is 1. The number of amides is 1. The Morgan fingerprint density at radius 3 is 2.87 bits per heavy atom. The molecule has 15 heavy (non-hydrogen) atoms. The third-order valence-electron chi connectivity index (χ3n) is 1.94. The molecule has 1 amide bonds. The quantitative estimate of drug-likeness (QED) is 0.761. The second kappa shape index (κ2) is 4.75. The first-order valence-corrected chi connectivity index (χ1v) is 4.44. The summed E-state index contributed by atoms with van der Waals surface area (Å²) in [6.45, 7) is 0.336. The fraction of sp³-hybridized carbons (Fsp3) is 0.300. The maximum absolute atomic E-state index is 12.9. The van der Waals surface area contributed by atoms with Crippen LogP contribution in [0.3, 0.4) is 0 Å². The zero-order valence-electron chi connectivity index (χ0n) is 8.40. The highest BCUT2D eigenvalue weighted by Crippen LogP contribution is 2.21. The maximum Gasteiger partial charge on any atom is 0.231 e. The van der Waals surface area contributed by atoms with Crippen molar-refractivity contribution in [3.05, 3.63) is 29.6 Å². The lowest BCUT2D eigenvalue weighted by Crippen LogP contribution is -2.30. The van der Waals surface area contributed by atoms with Crippen molar-refractivity contribution >= 4 is 5.91 Å². The second-order valence-corrected chi connectivity index (χ2v) is 3.39. The minimum atomic E-state index is -0.667. The summed E-state index contributed by atoms with van der Waals surface area (Å²) in [7, 11) is 1.66. The van der Waals surface area contributed by atoms with Crippen LogP contribution in [0.2, 0.25) is 0 Å². The Kier molecular flexibility index (Phi) is 3.62. The zero-order chi connectivity index (χ0) is 11.4. The number of para-hydroxylation sites is 1. The molecule has 4 nitrogen and oxygen atoms in total. The van der Waals surface area contributed by atoms with E-state index in [2.05, 4.69) is 0 Å². The van der Waals surface area contributed by atoms with Crippen molar-refractivity contribution in [3.8, 4) is 5.75 Å². The van der Waals surface area contributed by atoms with Gasteiger partial charge in [0.1, 0.15) is 0 Å². The molecule has 0 aliphatic rings. The van der Waals surface area contributed by atoms with E-state index in [0.717, 1.165) is 0 Å². The summed E-state index contributed by atoms with van der Waals surface area (Å²) in [6.07, 6.45) is 0. The monoisotopic (exact) mass is 212 g/mol. The number of rotatable bonds is 4. The van der Waals surface area contributed by atoms with E-state index in [1.807, 2.05) is 0 Å². The van der Waals surface area contributed by atoms with Crippen LogP contribution in [0.25, 0.3) is 0 Å². The number of halogens is 1. The molecule has 0 bridgehead atoms. The van der Waals surface area contributed by atoms with E-state index in [9.17, 15) is 14.3 Å². The van der Waals surface area contributed by atoms with Crippen LogP contribution in [0.5, 0.6) is 5.75 Å². The first-order valence-electron chi connectivity index (χ1n) is 4.44. The van der Waals surface area contributed by atoms with Gasteiger partial charge in [0.25, 0.3) is 0 Å². The van der Waals surface area contributed by atoms with Crippen LogP contribution in [0.4, 0.5) is 4.39 Å². The van der Waals surface area contributed by atoms with Crippen molar-refractivity contribution in [2.24, 2.45) is 5.73 Å². The van der Waals surface area contributed by atoms with E-state index in [1.165, 1.54) is 12.1 Å². The van der Waals surface area contributed by atoms with Gasteiger partial charge in [0.15, 0.2) is 11.6 Å². The summed E-state index contributed by atoms with van der Waals surface area (Å²) in [6, 6.07) is 4.27. The van der Waals surface area contributed by atoms with E-state index in [-0.39, 0.29) is 18.8 Å². The number of primary amides is 1. The van der Waals surface area contributed by atoms with Crippen molar-refractivity contribution in [1.82, 2.24) is 4.90 Å². The largest absolute Gasteiger partial charge is 0.505 e. The fourth-order valence-electron chi connectivity index (χ4n) is 1.30. The first-order chi connectivity index (χ1) is 7.00. The van der Waals surface area contributed by atoms with Crippen molar-refractivity contribution in [2.75, 3.05) is 13.6 Å². The molecule has 0 radical (unpaired) electrons. The first kappa shape index (κ1) is 11.5. The molecule has 82 valence electrons. The molecule has 1 rings (SSSR count). The van der Waals surface area contributed by atoms with E-state index in [4.69, 9.17) is 5.73 Å². The average Bonchev–Trinajstić information content (AvgIpc) is 2.11. The summed E-state index contributed by atoms with van der Waals surface area (Å²) in [5, 5.41) is 9.36. The van der Waals surface area contributed by atoms with Gasteiger partial charge in [0.2, 0.25) is 5.91 Å². The number of carbonyl (C=O) groups is 1. The average molecular weight is 212 g/mol. The molecule has 0 aliphatic carbocycles. The summed E-state index contributed by atoms with van der Waals surface area (Å²) in [5.74, 6) is -1.51. The van der Waals surface area contributed by atoms with E-state index < -0.39 is 11.7 Å². The SMILES string of the molecule is CN(CC(N)=O)Cc1cccc(F)c1O. The minimum Gasteiger partial charge on any atom is -0.505 e. The fourth-order valence-corrected chi connectivity index (χ4v) is 1.30. The molecule has 0 saturated heterocycles. The third-order valence-corrected chi connectivity index (χ3v) is 1.94. The summed E-state index contributed by atoms with van der Waals surface area (Å²) in [4.78, 5) is 12.2. The Hall–Kier alpha value is -1.62. The van der Waals surface area contributed by atoms with Gasteiger partial charge in [-0.25, -0.2) is 4.39 Å². The van der Waals surface area contributed by atoms with Crippen LogP contribution in [0, 0.1) is 5.82 Å². The molecular weight excluding hydrogens is 199 g/mol. The number of phenols is 1. The topological polar surface area (TPSA) is 66.6 Å². The highest BCUT2D eigenvalue weighted by molar-refractivity contribution is 5.75. The third kappa shape index (κ3) is 3.21. The maximum atomic E-state index is 12.9. The number of benzene rings is 1. The number of nitrogens with two attached hydrogens (primary N) is 1. The number of carbonyl (C=O) groups excluding carboxylic acids is 1. The van der Waals surface area contributed by atoms with Gasteiger partial charge in [-0.1, -0.05) is 12.1 Å². The van der Waals surface area contributed by atoms with Gasteiger partial charge in [0, 0.05) is 12.1 Å². The van der Waals surface area contributed by atoms with Gasteiger partial charge in [-0.3, -0.25) is 9.69 Å². The standard InChI is InChI=1S/C10H13FN2O2/c1-13(6-9(12)14)5-7-3-2-4-8(11)10(7)15/h2-4,15H,5-6H2,1H3,(H2,12,14). The van der Waals surface area contributed by atoms with Crippen LogP contribution < -0.4 is 5.73 Å². The van der Waals surface area contributed by atoms with E-state index in [0.29, 0.717) is 5.56 Å². The number of likely N-dealkylation sites (N-methyl/N-ethyl adjacent to an activating group) is 1. The lowest BCUT2D eigenvalue weighted by Gasteiger charge is -2.15. The summed E-state index contributed by atoms with van der Waals surface area (Å²) in [5.41, 5.74) is 5.43. The van der Waals surface area contributed by atoms with Crippen LogP contribution in [0.1, 0.15) is 5.56 Å². The number of nitrogens with zero attached hydrogens (tertiary/aromatic N) is 1. The van der Waals surface area contributed by atoms with Crippen molar-refractivity contribution in [1.29, 1.82) is 0 Å². The van der Waals surface area contributed by atoms with Gasteiger partial charge >= 0.3 is 0 Å². The summed E-state index contributed by atoms with van der Waals surface area (Å²) < 4.78 is 12.9. The number of aromatic hydroxyl groups is 1. The van der Waals surface area contributed by atoms with Gasteiger partial charge in [-0.2, -0.15) is 0 Å². The predicted octanol–water partition coefficient (Wildman–Crippen LogP) is 0.448. The number of hydrogen-bond acceptors (Lipinski definition) is 3. The lowest BCUT2D eigenvalue weighted by atomic mass is 10.2. The Labute approximate surface area is 87.1 Å². The van der Waals surface area contributed by atoms with Gasteiger partial charge < -0.3 is 10.8 Å². The zero-order valence-corrected chi connectivity index (χ0v) is 8.40. The van der Waals surface area contributed by atoms with Gasteiger partial charge in [-0.15, -0.1) is 0 Å². The molecule has 0 spiro atoms. The summed E-state index contributed by atoms with van der Waals surface area (Å²) >= 11 is 0. The van der Waals surface area contributed by atoms with Crippen molar-refractivity contribution in [3.63, 3.8) is 0 Å². The molecule has 0 aromatic heterocycles. The molecule has 3 N–H and O–H groups in total. The van der Waals surface area contributed by atoms with Crippen LogP contribution >= 0.6 is 0 Å². The molecule has 0 saturated carbocycles. The smallest absolute Gasteiger partial charge is 0.231 e. The normalized spacial score (nSPS) is 10.6. The minimum absolute atomic E-state index is 0.0654. The molecule has 1 aromatic rings. The molecule has 1 aromatic carbocycles. The molecular formula is C10H13FN2O2. The van der Waals surface area contributed by atoms with Gasteiger partial charge in [0.05, 0.1) is 6.54 Å².